The maximum Gasteiger partial charge on any atom is 0.244 e. The van der Waals surface area contributed by atoms with Crippen molar-refractivity contribution in [3.8, 4) is 0 Å². The van der Waals surface area contributed by atoms with Crippen molar-refractivity contribution in [3.63, 3.8) is 0 Å². The second-order valence-electron chi connectivity index (χ2n) is 7.20. The number of hydrogen-bond donors (Lipinski definition) is 0. The molecule has 0 radical (unpaired) electrons. The Morgan fingerprint density at radius 2 is 1.75 bits per heavy atom. The lowest BCUT2D eigenvalue weighted by Crippen LogP contribution is -2.42. The molecule has 2 fully saturated rings. The lowest BCUT2D eigenvalue weighted by atomic mass is 9.91. The molecule has 0 spiro atoms. The van der Waals surface area contributed by atoms with Gasteiger partial charge in [-0.1, -0.05) is 24.3 Å². The highest BCUT2D eigenvalue weighted by molar-refractivity contribution is 5.38. The van der Waals surface area contributed by atoms with Gasteiger partial charge in [0.15, 0.2) is 0 Å². The van der Waals surface area contributed by atoms with Crippen LogP contribution >= 0.6 is 0 Å². The van der Waals surface area contributed by atoms with Gasteiger partial charge in [0.2, 0.25) is 6.04 Å². The van der Waals surface area contributed by atoms with Crippen LogP contribution in [0, 0.1) is 6.57 Å². The van der Waals surface area contributed by atoms with E-state index < -0.39 is 0 Å². The van der Waals surface area contributed by atoms with E-state index in [2.05, 4.69) is 54.8 Å². The van der Waals surface area contributed by atoms with Crippen LogP contribution in [0.2, 0.25) is 0 Å². The van der Waals surface area contributed by atoms with Crippen molar-refractivity contribution in [1.82, 2.24) is 4.90 Å². The van der Waals surface area contributed by atoms with Crippen LogP contribution in [0.3, 0.4) is 0 Å². The van der Waals surface area contributed by atoms with E-state index in [4.69, 9.17) is 6.57 Å². The smallest absolute Gasteiger partial charge is 0.244 e. The Morgan fingerprint density at radius 1 is 1.10 bits per heavy atom. The van der Waals surface area contributed by atoms with Gasteiger partial charge in [-0.25, -0.2) is 6.57 Å². The van der Waals surface area contributed by atoms with Crippen molar-refractivity contribution >= 4 is 0 Å². The molecule has 1 saturated heterocycles. The minimum Gasteiger partial charge on any atom is -0.311 e. The topological polar surface area (TPSA) is 7.60 Å². The van der Waals surface area contributed by atoms with Crippen LogP contribution in [0.5, 0.6) is 0 Å². The number of nitrogens with zero attached hydrogens (tertiary/aromatic N) is 2. The van der Waals surface area contributed by atoms with Gasteiger partial charge < -0.3 is 4.85 Å². The molecule has 106 valence electrons. The Morgan fingerprint density at radius 3 is 2.30 bits per heavy atom. The van der Waals surface area contributed by atoms with Crippen LogP contribution in [0.4, 0.5) is 0 Å². The van der Waals surface area contributed by atoms with Crippen LogP contribution in [-0.2, 0) is 0 Å². The average molecular weight is 268 g/mol. The maximum absolute atomic E-state index is 7.57. The van der Waals surface area contributed by atoms with Crippen molar-refractivity contribution in [3.05, 3.63) is 46.8 Å². The summed E-state index contributed by atoms with van der Waals surface area (Å²) in [5, 5.41) is 0. The molecular weight excluding hydrogens is 244 g/mol. The Bertz CT molecular complexity index is 531. The van der Waals surface area contributed by atoms with E-state index in [-0.39, 0.29) is 17.6 Å². The molecule has 1 heterocycles. The van der Waals surface area contributed by atoms with Crippen LogP contribution in [-0.4, -0.2) is 23.0 Å². The second-order valence-corrected chi connectivity index (χ2v) is 7.20. The summed E-state index contributed by atoms with van der Waals surface area (Å²) in [5.41, 5.74) is 3.05. The summed E-state index contributed by atoms with van der Waals surface area (Å²) in [4.78, 5) is 6.48. The molecule has 2 heteroatoms. The van der Waals surface area contributed by atoms with Gasteiger partial charge >= 0.3 is 0 Å². The molecule has 1 aliphatic heterocycles. The van der Waals surface area contributed by atoms with Crippen molar-refractivity contribution < 1.29 is 0 Å². The highest BCUT2D eigenvalue weighted by Gasteiger charge is 2.46. The van der Waals surface area contributed by atoms with E-state index in [1.807, 2.05) is 0 Å². The van der Waals surface area contributed by atoms with Gasteiger partial charge in [-0.2, -0.15) is 0 Å². The van der Waals surface area contributed by atoms with Crippen molar-refractivity contribution in [1.29, 1.82) is 0 Å². The van der Waals surface area contributed by atoms with E-state index >= 15 is 0 Å². The fourth-order valence-corrected chi connectivity index (χ4v) is 3.59. The Hall–Kier alpha value is -1.33. The molecule has 2 aliphatic rings. The van der Waals surface area contributed by atoms with Gasteiger partial charge in [-0.3, -0.25) is 4.90 Å². The van der Waals surface area contributed by atoms with E-state index in [0.29, 0.717) is 0 Å². The number of benzene rings is 1. The quantitative estimate of drug-likeness (QED) is 0.721. The average Bonchev–Trinajstić information content (AvgIpc) is 3.15. The van der Waals surface area contributed by atoms with Crippen molar-refractivity contribution in [2.45, 2.75) is 63.6 Å². The first-order chi connectivity index (χ1) is 9.52. The highest BCUT2D eigenvalue weighted by Crippen LogP contribution is 2.47. The molecule has 0 amide bonds. The molecule has 1 saturated carbocycles. The number of hydrogen-bond acceptors (Lipinski definition) is 1. The van der Waals surface area contributed by atoms with E-state index in [0.717, 1.165) is 18.9 Å². The van der Waals surface area contributed by atoms with Gasteiger partial charge in [-0.15, -0.1) is 0 Å². The molecule has 1 aromatic rings. The minimum atomic E-state index is 0.120. The Balaban J connectivity index is 2.03. The summed E-state index contributed by atoms with van der Waals surface area (Å²) in [6.07, 6.45) is 3.65. The fourth-order valence-electron chi connectivity index (χ4n) is 3.59. The zero-order valence-electron chi connectivity index (χ0n) is 12.8. The summed E-state index contributed by atoms with van der Waals surface area (Å²) in [5.74, 6) is 0.750. The predicted molar refractivity (Wildman–Crippen MR) is 82.6 cm³/mol. The number of likely N-dealkylation sites (tertiary alicyclic amines) is 1. The SMILES string of the molecule is [C-]#[N+]C1CCN(C(C)(C)C)C1c1ccccc1C1CC1. The monoisotopic (exact) mass is 268 g/mol. The lowest BCUT2D eigenvalue weighted by molar-refractivity contribution is 0.119. The summed E-state index contributed by atoms with van der Waals surface area (Å²) < 4.78 is 0. The summed E-state index contributed by atoms with van der Waals surface area (Å²) >= 11 is 0. The molecule has 0 aromatic heterocycles. The standard InChI is InChI=1S/C18H24N2/c1-18(2,3)20-12-11-16(19-4)17(20)15-8-6-5-7-14(15)13-9-10-13/h5-8,13,16-17H,9-12H2,1-3H3. The largest absolute Gasteiger partial charge is 0.311 e. The summed E-state index contributed by atoms with van der Waals surface area (Å²) in [7, 11) is 0. The summed E-state index contributed by atoms with van der Waals surface area (Å²) in [6, 6.07) is 9.24. The molecule has 2 nitrogen and oxygen atoms in total. The molecule has 3 rings (SSSR count). The third kappa shape index (κ3) is 2.36. The zero-order chi connectivity index (χ0) is 14.3. The van der Waals surface area contributed by atoms with E-state index in [1.54, 1.807) is 0 Å². The molecule has 2 unspecified atom stereocenters. The predicted octanol–water partition coefficient (Wildman–Crippen LogP) is 4.40. The van der Waals surface area contributed by atoms with Gasteiger partial charge in [0.05, 0.1) is 0 Å². The van der Waals surface area contributed by atoms with Crippen molar-refractivity contribution in [2.24, 2.45) is 0 Å². The van der Waals surface area contributed by atoms with Crippen LogP contribution < -0.4 is 0 Å². The van der Waals surface area contributed by atoms with Crippen LogP contribution in [0.25, 0.3) is 4.85 Å². The third-order valence-corrected chi connectivity index (χ3v) is 4.73. The Labute approximate surface area is 122 Å². The first-order valence-electron chi connectivity index (χ1n) is 7.74. The highest BCUT2D eigenvalue weighted by atomic mass is 15.3. The van der Waals surface area contributed by atoms with Gasteiger partial charge in [-0.05, 0) is 50.7 Å². The lowest BCUT2D eigenvalue weighted by Gasteiger charge is -2.37. The molecule has 1 aromatic carbocycles. The van der Waals surface area contributed by atoms with Gasteiger partial charge in [0, 0.05) is 18.5 Å². The molecule has 0 N–H and O–H groups in total. The minimum absolute atomic E-state index is 0.120. The Kier molecular flexibility index (Phi) is 3.34. The van der Waals surface area contributed by atoms with Crippen molar-refractivity contribution in [2.75, 3.05) is 6.54 Å². The van der Waals surface area contributed by atoms with E-state index in [9.17, 15) is 0 Å². The van der Waals surface area contributed by atoms with Gasteiger partial charge in [0.1, 0.15) is 6.04 Å². The number of rotatable bonds is 2. The van der Waals surface area contributed by atoms with Gasteiger partial charge in [0.25, 0.3) is 0 Å². The first-order valence-corrected chi connectivity index (χ1v) is 7.74. The molecule has 20 heavy (non-hydrogen) atoms. The molecule has 2 atom stereocenters. The molecule has 1 aliphatic carbocycles. The second kappa shape index (κ2) is 4.90. The normalized spacial score (nSPS) is 27.5. The maximum atomic E-state index is 7.57. The van der Waals surface area contributed by atoms with E-state index in [1.165, 1.54) is 24.0 Å². The fraction of sp³-hybridized carbons (Fsp3) is 0.611. The van der Waals surface area contributed by atoms with Crippen LogP contribution in [0.15, 0.2) is 24.3 Å². The first kappa shape index (κ1) is 13.6. The third-order valence-electron chi connectivity index (χ3n) is 4.73. The molecular formula is C18H24N2. The zero-order valence-corrected chi connectivity index (χ0v) is 12.8. The summed E-state index contributed by atoms with van der Waals surface area (Å²) in [6.45, 7) is 15.4. The molecule has 0 bridgehead atoms. The van der Waals surface area contributed by atoms with Crippen LogP contribution in [0.1, 0.15) is 63.1 Å².